The molecule has 3 aromatic rings. The van der Waals surface area contributed by atoms with Crippen LogP contribution in [0, 0.1) is 0 Å². The molecule has 0 amide bonds. The largest absolute Gasteiger partial charge is 0.375 e. The van der Waals surface area contributed by atoms with E-state index in [4.69, 9.17) is 23.2 Å². The molecule has 0 aliphatic heterocycles. The van der Waals surface area contributed by atoms with Crippen molar-refractivity contribution < 1.29 is 0 Å². The van der Waals surface area contributed by atoms with Crippen LogP contribution in [-0.4, -0.2) is 19.6 Å². The molecule has 0 fully saturated rings. The number of anilines is 1. The second kappa shape index (κ2) is 6.78. The van der Waals surface area contributed by atoms with Gasteiger partial charge in [0, 0.05) is 23.3 Å². The third kappa shape index (κ3) is 2.99. The Morgan fingerprint density at radius 2 is 1.92 bits per heavy atom. The molecule has 8 heteroatoms. The molecule has 1 N–H and O–H groups in total. The predicted molar refractivity (Wildman–Crippen MR) is 102 cm³/mol. The number of aromatic nitrogens is 4. The van der Waals surface area contributed by atoms with Gasteiger partial charge >= 0.3 is 0 Å². The lowest BCUT2D eigenvalue weighted by Gasteiger charge is -2.25. The Balaban J connectivity index is 1.66. The molecule has 2 aromatic heterocycles. The van der Waals surface area contributed by atoms with Crippen LogP contribution < -0.4 is 10.9 Å². The van der Waals surface area contributed by atoms with Crippen molar-refractivity contribution in [1.82, 2.24) is 19.6 Å². The molecule has 0 radical (unpaired) electrons. The van der Waals surface area contributed by atoms with Crippen LogP contribution >= 0.6 is 23.2 Å². The summed E-state index contributed by atoms with van der Waals surface area (Å²) in [6.45, 7) is 0. The minimum absolute atomic E-state index is 0.0672. The van der Waals surface area contributed by atoms with Gasteiger partial charge in [0.2, 0.25) is 0 Å². The van der Waals surface area contributed by atoms with Crippen LogP contribution in [0.5, 0.6) is 0 Å². The van der Waals surface area contributed by atoms with Gasteiger partial charge in [-0.3, -0.25) is 9.48 Å². The fourth-order valence-electron chi connectivity index (χ4n) is 3.34. The molecule has 1 unspecified atom stereocenters. The third-order valence-corrected chi connectivity index (χ3v) is 5.31. The van der Waals surface area contributed by atoms with Crippen molar-refractivity contribution in [3.63, 3.8) is 0 Å². The standard InChI is InChI=1S/C18H17Cl2N5O/c1-24-16-4-2-3-14(13(16)9-21-24)23-15-10-22-25(18(26)17(15)20)12-7-5-11(19)6-8-12/h5-10,14,23H,2-4H2,1H3. The van der Waals surface area contributed by atoms with Gasteiger partial charge in [-0.05, 0) is 43.5 Å². The van der Waals surface area contributed by atoms with E-state index < -0.39 is 0 Å². The lowest BCUT2D eigenvalue weighted by atomic mass is 9.93. The van der Waals surface area contributed by atoms with Gasteiger partial charge in [0.25, 0.3) is 5.56 Å². The summed E-state index contributed by atoms with van der Waals surface area (Å²) >= 11 is 12.2. The molecule has 0 bridgehead atoms. The van der Waals surface area contributed by atoms with Crippen LogP contribution in [0.25, 0.3) is 5.69 Å². The summed E-state index contributed by atoms with van der Waals surface area (Å²) in [5.74, 6) is 0. The maximum atomic E-state index is 12.6. The van der Waals surface area contributed by atoms with Crippen LogP contribution in [0.2, 0.25) is 10.0 Å². The predicted octanol–water partition coefficient (Wildman–Crippen LogP) is 3.76. The summed E-state index contributed by atoms with van der Waals surface area (Å²) < 4.78 is 3.17. The fraction of sp³-hybridized carbons (Fsp3) is 0.278. The number of nitrogens with zero attached hydrogens (tertiary/aromatic N) is 4. The summed E-state index contributed by atoms with van der Waals surface area (Å²) in [6, 6.07) is 6.93. The van der Waals surface area contributed by atoms with Gasteiger partial charge in [-0.25, -0.2) is 0 Å². The van der Waals surface area contributed by atoms with Crippen LogP contribution in [0.15, 0.2) is 41.5 Å². The summed E-state index contributed by atoms with van der Waals surface area (Å²) in [6.07, 6.45) is 6.48. The molecule has 0 saturated carbocycles. The van der Waals surface area contributed by atoms with Gasteiger partial charge in [0.05, 0.1) is 29.8 Å². The molecule has 134 valence electrons. The van der Waals surface area contributed by atoms with E-state index in [-0.39, 0.29) is 16.6 Å². The molecule has 1 aliphatic carbocycles. The average molecular weight is 390 g/mol. The van der Waals surface area contributed by atoms with Crippen molar-refractivity contribution in [1.29, 1.82) is 0 Å². The van der Waals surface area contributed by atoms with Gasteiger partial charge < -0.3 is 5.32 Å². The highest BCUT2D eigenvalue weighted by atomic mass is 35.5. The van der Waals surface area contributed by atoms with E-state index in [2.05, 4.69) is 15.5 Å². The maximum absolute atomic E-state index is 12.6. The molecule has 1 aliphatic rings. The first-order valence-corrected chi connectivity index (χ1v) is 9.11. The molecule has 4 rings (SSSR count). The molecule has 1 atom stereocenters. The number of nitrogens with one attached hydrogen (secondary N) is 1. The van der Waals surface area contributed by atoms with E-state index in [0.717, 1.165) is 24.8 Å². The zero-order valence-electron chi connectivity index (χ0n) is 14.1. The van der Waals surface area contributed by atoms with E-state index in [1.165, 1.54) is 10.4 Å². The summed E-state index contributed by atoms with van der Waals surface area (Å²) in [7, 11) is 1.95. The van der Waals surface area contributed by atoms with Crippen molar-refractivity contribution in [3.8, 4) is 5.69 Å². The Bertz CT molecular complexity index is 1010. The molecule has 0 saturated heterocycles. The first-order chi connectivity index (χ1) is 12.5. The molecule has 0 spiro atoms. The van der Waals surface area contributed by atoms with E-state index >= 15 is 0 Å². The lowest BCUT2D eigenvalue weighted by molar-refractivity contribution is 0.571. The minimum atomic E-state index is -0.374. The Labute approximate surface area is 160 Å². The van der Waals surface area contributed by atoms with Crippen LogP contribution in [-0.2, 0) is 13.5 Å². The molecule has 2 heterocycles. The molecular formula is C18H17Cl2N5O. The number of fused-ring (bicyclic) bond motifs is 1. The monoisotopic (exact) mass is 389 g/mol. The van der Waals surface area contributed by atoms with E-state index in [1.54, 1.807) is 30.5 Å². The summed E-state index contributed by atoms with van der Waals surface area (Å²) in [4.78, 5) is 12.6. The topological polar surface area (TPSA) is 64.7 Å². The van der Waals surface area contributed by atoms with Gasteiger partial charge in [-0.15, -0.1) is 0 Å². The van der Waals surface area contributed by atoms with Crippen molar-refractivity contribution in [2.45, 2.75) is 25.3 Å². The third-order valence-electron chi connectivity index (χ3n) is 4.70. The lowest BCUT2D eigenvalue weighted by Crippen LogP contribution is -2.24. The molecule has 6 nitrogen and oxygen atoms in total. The SMILES string of the molecule is Cn1ncc2c1CCCC2Nc1cnn(-c2ccc(Cl)cc2)c(=O)c1Cl. The second-order valence-electron chi connectivity index (χ2n) is 6.32. The molecule has 26 heavy (non-hydrogen) atoms. The quantitative estimate of drug-likeness (QED) is 0.740. The average Bonchev–Trinajstić information content (AvgIpc) is 3.02. The highest BCUT2D eigenvalue weighted by molar-refractivity contribution is 6.33. The van der Waals surface area contributed by atoms with Crippen LogP contribution in [0.4, 0.5) is 5.69 Å². The molecule has 1 aromatic carbocycles. The normalized spacial score (nSPS) is 16.3. The van der Waals surface area contributed by atoms with E-state index in [0.29, 0.717) is 16.4 Å². The van der Waals surface area contributed by atoms with Gasteiger partial charge in [-0.1, -0.05) is 23.2 Å². The van der Waals surface area contributed by atoms with Gasteiger partial charge in [0.15, 0.2) is 0 Å². The second-order valence-corrected chi connectivity index (χ2v) is 7.14. The highest BCUT2D eigenvalue weighted by Crippen LogP contribution is 2.33. The van der Waals surface area contributed by atoms with Gasteiger partial charge in [0.1, 0.15) is 5.02 Å². The van der Waals surface area contributed by atoms with Gasteiger partial charge in [-0.2, -0.15) is 14.9 Å². The number of hydrogen-bond acceptors (Lipinski definition) is 4. The number of rotatable bonds is 3. The van der Waals surface area contributed by atoms with E-state index in [9.17, 15) is 4.79 Å². The Morgan fingerprint density at radius 3 is 2.69 bits per heavy atom. The van der Waals surface area contributed by atoms with Crippen molar-refractivity contribution in [2.24, 2.45) is 7.05 Å². The maximum Gasteiger partial charge on any atom is 0.292 e. The Kier molecular flexibility index (Phi) is 4.46. The first kappa shape index (κ1) is 17.1. The molecular weight excluding hydrogens is 373 g/mol. The number of benzene rings is 1. The highest BCUT2D eigenvalue weighted by Gasteiger charge is 2.24. The zero-order valence-corrected chi connectivity index (χ0v) is 15.6. The fourth-order valence-corrected chi connectivity index (χ4v) is 3.65. The number of hydrogen-bond donors (Lipinski definition) is 1. The van der Waals surface area contributed by atoms with E-state index in [1.807, 2.05) is 17.9 Å². The zero-order chi connectivity index (χ0) is 18.3. The number of aryl methyl sites for hydroxylation is 1. The summed E-state index contributed by atoms with van der Waals surface area (Å²) in [5.41, 5.74) is 3.13. The number of halogens is 2. The van der Waals surface area contributed by atoms with Crippen LogP contribution in [0.1, 0.15) is 30.1 Å². The Morgan fingerprint density at radius 1 is 1.15 bits per heavy atom. The minimum Gasteiger partial charge on any atom is -0.375 e. The van der Waals surface area contributed by atoms with Crippen molar-refractivity contribution in [2.75, 3.05) is 5.32 Å². The summed E-state index contributed by atoms with van der Waals surface area (Å²) in [5, 5.41) is 12.7. The first-order valence-electron chi connectivity index (χ1n) is 8.35. The van der Waals surface area contributed by atoms with Crippen LogP contribution in [0.3, 0.4) is 0 Å². The Hall–Kier alpha value is -2.31. The smallest absolute Gasteiger partial charge is 0.292 e. The van der Waals surface area contributed by atoms with Crippen molar-refractivity contribution >= 4 is 28.9 Å². The van der Waals surface area contributed by atoms with Crippen molar-refractivity contribution in [3.05, 3.63) is 68.3 Å².